The van der Waals surface area contributed by atoms with E-state index in [9.17, 15) is 0 Å². The molecule has 48 valence electrons. The van der Waals surface area contributed by atoms with Gasteiger partial charge in [0.1, 0.15) is 0 Å². The van der Waals surface area contributed by atoms with E-state index in [-0.39, 0.29) is 17.7 Å². The standard InChI is InChI=1S/C2H7N.CH2Cl2.ClH/c1-3-2;2-1-3;/h3H,1-2H3;1H2;1H. The molecule has 0 heterocycles. The fraction of sp³-hybridized carbons (Fsp3) is 1.00. The van der Waals surface area contributed by atoms with Gasteiger partial charge in [0.05, 0.1) is 5.34 Å². The summed E-state index contributed by atoms with van der Waals surface area (Å²) in [4.78, 5) is 0. The Morgan fingerprint density at radius 3 is 1.29 bits per heavy atom. The highest BCUT2D eigenvalue weighted by atomic mass is 35.5. The van der Waals surface area contributed by atoms with Gasteiger partial charge in [-0.15, -0.1) is 35.6 Å². The Hall–Kier alpha value is 0.830. The van der Waals surface area contributed by atoms with Gasteiger partial charge in [0.25, 0.3) is 0 Å². The van der Waals surface area contributed by atoms with E-state index in [0.717, 1.165) is 0 Å². The lowest BCUT2D eigenvalue weighted by Gasteiger charge is -1.59. The van der Waals surface area contributed by atoms with Crippen molar-refractivity contribution < 1.29 is 0 Å². The van der Waals surface area contributed by atoms with E-state index < -0.39 is 0 Å². The highest BCUT2D eigenvalue weighted by Gasteiger charge is 1.41. The van der Waals surface area contributed by atoms with Crippen LogP contribution in [0.4, 0.5) is 0 Å². The fourth-order valence-electron chi connectivity index (χ4n) is 0. The van der Waals surface area contributed by atoms with Crippen LogP contribution in [0.3, 0.4) is 0 Å². The molecule has 1 nitrogen and oxygen atoms in total. The van der Waals surface area contributed by atoms with E-state index in [2.05, 4.69) is 5.32 Å². The highest BCUT2D eigenvalue weighted by molar-refractivity contribution is 6.40. The maximum Gasteiger partial charge on any atom is 0.0967 e. The summed E-state index contributed by atoms with van der Waals surface area (Å²) in [6.45, 7) is 0. The van der Waals surface area contributed by atoms with Crippen LogP contribution < -0.4 is 5.32 Å². The summed E-state index contributed by atoms with van der Waals surface area (Å²) in [7, 11) is 3.75. The lowest BCUT2D eigenvalue weighted by molar-refractivity contribution is 1.02. The van der Waals surface area contributed by atoms with Crippen molar-refractivity contribution in [3.05, 3.63) is 0 Å². The maximum atomic E-state index is 4.76. The molecule has 1 N–H and O–H groups in total. The first-order valence-corrected chi connectivity index (χ1v) is 2.60. The summed E-state index contributed by atoms with van der Waals surface area (Å²) in [6, 6.07) is 0. The average Bonchev–Trinajstić information content (AvgIpc) is 1.39. The van der Waals surface area contributed by atoms with Crippen LogP contribution >= 0.6 is 35.6 Å². The Morgan fingerprint density at radius 2 is 1.29 bits per heavy atom. The minimum absolute atomic E-state index is 0. The normalized spacial score (nSPS) is 5.14. The third kappa shape index (κ3) is 231. The number of nitrogens with one attached hydrogen (secondary N) is 1. The SMILES string of the molecule is CNC.Cl.ClCCl. The quantitative estimate of drug-likeness (QED) is 0.540. The zero-order chi connectivity index (χ0) is 5.41. The second-order valence-electron chi connectivity index (χ2n) is 0.601. The van der Waals surface area contributed by atoms with Crippen LogP contribution in [0.2, 0.25) is 0 Å². The first-order valence-electron chi connectivity index (χ1n) is 1.53. The smallest absolute Gasteiger partial charge is 0.0967 e. The Kier molecular flexibility index (Phi) is 64.8. The van der Waals surface area contributed by atoms with E-state index in [1.54, 1.807) is 0 Å². The van der Waals surface area contributed by atoms with E-state index in [1.165, 1.54) is 0 Å². The predicted molar refractivity (Wildman–Crippen MR) is 38.8 cm³/mol. The molecule has 0 aliphatic carbocycles. The lowest BCUT2D eigenvalue weighted by Crippen LogP contribution is -1.89. The van der Waals surface area contributed by atoms with Gasteiger partial charge in [-0.25, -0.2) is 0 Å². The lowest BCUT2D eigenvalue weighted by atomic mass is 11.3. The van der Waals surface area contributed by atoms with Gasteiger partial charge >= 0.3 is 0 Å². The molecule has 0 fully saturated rings. The van der Waals surface area contributed by atoms with E-state index in [4.69, 9.17) is 23.2 Å². The van der Waals surface area contributed by atoms with Gasteiger partial charge in [-0.3, -0.25) is 0 Å². The molecule has 0 saturated heterocycles. The second kappa shape index (κ2) is 29.0. The topological polar surface area (TPSA) is 12.0 Å². The molecule has 0 bridgehead atoms. The monoisotopic (exact) mass is 165 g/mol. The Morgan fingerprint density at radius 1 is 1.29 bits per heavy atom. The summed E-state index contributed by atoms with van der Waals surface area (Å²) >= 11 is 9.53. The maximum absolute atomic E-state index is 4.76. The van der Waals surface area contributed by atoms with Crippen LogP contribution in [0, 0.1) is 0 Å². The molecule has 0 aliphatic rings. The molecule has 4 heteroatoms. The number of hydrogen-bond donors (Lipinski definition) is 1. The third-order valence-electron chi connectivity index (χ3n) is 0. The molecule has 0 radical (unpaired) electrons. The molecule has 0 aromatic carbocycles. The van der Waals surface area contributed by atoms with Crippen molar-refractivity contribution in [1.82, 2.24) is 5.32 Å². The summed E-state index contributed by atoms with van der Waals surface area (Å²) < 4.78 is 0. The van der Waals surface area contributed by atoms with Gasteiger partial charge < -0.3 is 5.32 Å². The van der Waals surface area contributed by atoms with Gasteiger partial charge in [0.15, 0.2) is 0 Å². The van der Waals surface area contributed by atoms with Crippen molar-refractivity contribution in [3.63, 3.8) is 0 Å². The molecule has 0 aromatic heterocycles. The molecule has 0 unspecified atom stereocenters. The molecule has 0 atom stereocenters. The van der Waals surface area contributed by atoms with Crippen molar-refractivity contribution in [2.75, 3.05) is 19.4 Å². The molecule has 0 rings (SSSR count). The minimum Gasteiger partial charge on any atom is -0.323 e. The molecule has 0 saturated carbocycles. The Balaban J connectivity index is -0.0000000400. The van der Waals surface area contributed by atoms with E-state index in [1.807, 2.05) is 14.1 Å². The largest absolute Gasteiger partial charge is 0.323 e. The van der Waals surface area contributed by atoms with Crippen molar-refractivity contribution in [2.45, 2.75) is 0 Å². The molecular formula is C3H10Cl3N. The van der Waals surface area contributed by atoms with Gasteiger partial charge in [-0.05, 0) is 14.1 Å². The molecule has 7 heavy (non-hydrogen) atoms. The minimum atomic E-state index is 0. The molecular weight excluding hydrogens is 156 g/mol. The predicted octanol–water partition coefficient (Wildman–Crippen LogP) is 1.68. The first kappa shape index (κ1) is 15.7. The van der Waals surface area contributed by atoms with Gasteiger partial charge in [-0.2, -0.15) is 0 Å². The number of alkyl halides is 2. The van der Waals surface area contributed by atoms with Crippen molar-refractivity contribution in [2.24, 2.45) is 0 Å². The number of rotatable bonds is 0. The molecule has 0 aromatic rings. The van der Waals surface area contributed by atoms with E-state index >= 15 is 0 Å². The van der Waals surface area contributed by atoms with E-state index in [0.29, 0.717) is 0 Å². The summed E-state index contributed by atoms with van der Waals surface area (Å²) in [5.41, 5.74) is 0. The number of hydrogen-bond acceptors (Lipinski definition) is 1. The van der Waals surface area contributed by atoms with Crippen molar-refractivity contribution in [1.29, 1.82) is 0 Å². The van der Waals surface area contributed by atoms with Crippen LogP contribution in [0.1, 0.15) is 0 Å². The Bertz CT molecular complexity index is 12.1. The third-order valence-corrected chi connectivity index (χ3v) is 0. The van der Waals surface area contributed by atoms with Crippen LogP contribution in [-0.2, 0) is 0 Å². The summed E-state index contributed by atoms with van der Waals surface area (Å²) in [5.74, 6) is 0. The van der Waals surface area contributed by atoms with Gasteiger partial charge in [-0.1, -0.05) is 0 Å². The van der Waals surface area contributed by atoms with Crippen molar-refractivity contribution in [3.8, 4) is 0 Å². The molecule has 0 spiro atoms. The van der Waals surface area contributed by atoms with Crippen molar-refractivity contribution >= 4 is 35.6 Å². The van der Waals surface area contributed by atoms with Gasteiger partial charge in [0, 0.05) is 0 Å². The first-order chi connectivity index (χ1) is 2.83. The molecule has 0 amide bonds. The highest BCUT2D eigenvalue weighted by Crippen LogP contribution is 1.73. The zero-order valence-electron chi connectivity index (χ0n) is 4.37. The fourth-order valence-corrected chi connectivity index (χ4v) is 0. The van der Waals surface area contributed by atoms with Crippen LogP contribution in [0.15, 0.2) is 0 Å². The van der Waals surface area contributed by atoms with Gasteiger partial charge in [0.2, 0.25) is 0 Å². The van der Waals surface area contributed by atoms with Crippen LogP contribution in [0.25, 0.3) is 0 Å². The molecule has 0 aliphatic heterocycles. The average molecular weight is 166 g/mol. The second-order valence-corrected chi connectivity index (χ2v) is 1.41. The summed E-state index contributed by atoms with van der Waals surface area (Å²) in [6.07, 6.45) is 0. The number of halogens is 3. The van der Waals surface area contributed by atoms with Crippen LogP contribution in [0.5, 0.6) is 0 Å². The zero-order valence-corrected chi connectivity index (χ0v) is 6.70. The Labute approximate surface area is 60.8 Å². The van der Waals surface area contributed by atoms with Crippen LogP contribution in [-0.4, -0.2) is 19.4 Å². The summed E-state index contributed by atoms with van der Waals surface area (Å²) in [5, 5.41) is 2.94.